The predicted molar refractivity (Wildman–Crippen MR) is 86.4 cm³/mol. The van der Waals surface area contributed by atoms with Gasteiger partial charge in [-0.3, -0.25) is 10.1 Å². The third-order valence-corrected chi connectivity index (χ3v) is 3.60. The van der Waals surface area contributed by atoms with Crippen molar-refractivity contribution >= 4 is 11.9 Å². The molecule has 1 aromatic carbocycles. The van der Waals surface area contributed by atoms with E-state index in [2.05, 4.69) is 10.3 Å². The normalized spacial score (nSPS) is 18.2. The molecule has 1 amide bonds. The van der Waals surface area contributed by atoms with E-state index >= 15 is 0 Å². The summed E-state index contributed by atoms with van der Waals surface area (Å²) in [4.78, 5) is 16.4. The molecule has 1 heterocycles. The molecule has 0 aromatic heterocycles. The maximum Gasteiger partial charge on any atom is 0.416 e. The largest absolute Gasteiger partial charge is 0.465 e. The lowest BCUT2D eigenvalue weighted by Crippen LogP contribution is -2.33. The third-order valence-electron chi connectivity index (χ3n) is 3.60. The second kappa shape index (κ2) is 8.84. The molecule has 1 N–H and O–H groups in total. The maximum atomic E-state index is 12.6. The molecule has 1 atom stereocenters. The van der Waals surface area contributed by atoms with E-state index in [1.807, 2.05) is 6.92 Å². The van der Waals surface area contributed by atoms with Gasteiger partial charge in [-0.1, -0.05) is 6.92 Å². The lowest BCUT2D eigenvalue weighted by molar-refractivity contribution is -0.137. The van der Waals surface area contributed by atoms with Crippen LogP contribution in [0.4, 0.5) is 13.2 Å². The first kappa shape index (κ1) is 19.2. The van der Waals surface area contributed by atoms with Gasteiger partial charge in [0, 0.05) is 12.2 Å². The van der Waals surface area contributed by atoms with Crippen LogP contribution in [0.3, 0.4) is 0 Å². The summed E-state index contributed by atoms with van der Waals surface area (Å²) in [6.45, 7) is 3.35. The summed E-state index contributed by atoms with van der Waals surface area (Å²) >= 11 is 0. The van der Waals surface area contributed by atoms with Gasteiger partial charge in [0.05, 0.1) is 24.8 Å². The highest BCUT2D eigenvalue weighted by atomic mass is 19.4. The molecule has 2 rings (SSSR count). The Bertz CT molecular complexity index is 594. The number of nitrogens with zero attached hydrogens (tertiary/aromatic N) is 1. The zero-order valence-electron chi connectivity index (χ0n) is 13.9. The van der Waals surface area contributed by atoms with Gasteiger partial charge in [-0.2, -0.15) is 13.2 Å². The highest BCUT2D eigenvalue weighted by Gasteiger charge is 2.30. The fourth-order valence-electron chi connectivity index (χ4n) is 2.27. The fraction of sp³-hybridized carbons (Fsp3) is 0.529. The minimum Gasteiger partial charge on any atom is -0.465 e. The van der Waals surface area contributed by atoms with Gasteiger partial charge in [0.2, 0.25) is 0 Å². The third kappa shape index (κ3) is 6.04. The Kier molecular flexibility index (Phi) is 6.81. The summed E-state index contributed by atoms with van der Waals surface area (Å²) < 4.78 is 48.6. The van der Waals surface area contributed by atoms with Crippen LogP contribution in [-0.4, -0.2) is 37.8 Å². The molecule has 8 heteroatoms. The number of carbonyl (C=O) groups excluding carboxylic acids is 1. The van der Waals surface area contributed by atoms with Gasteiger partial charge in [-0.05, 0) is 43.5 Å². The zero-order chi connectivity index (χ0) is 18.3. The molecule has 0 saturated carbocycles. The Balaban J connectivity index is 2.00. The summed E-state index contributed by atoms with van der Waals surface area (Å²) in [5.41, 5.74) is -0.712. The van der Waals surface area contributed by atoms with Crippen LogP contribution in [0, 0.1) is 0 Å². The van der Waals surface area contributed by atoms with Crippen molar-refractivity contribution in [1.82, 2.24) is 5.32 Å². The van der Waals surface area contributed by atoms with Crippen molar-refractivity contribution in [2.45, 2.75) is 38.5 Å². The van der Waals surface area contributed by atoms with E-state index in [1.54, 1.807) is 0 Å². The molecule has 0 bridgehead atoms. The van der Waals surface area contributed by atoms with Gasteiger partial charge in [0.25, 0.3) is 11.9 Å². The molecule has 0 spiro atoms. The average Bonchev–Trinajstić information content (AvgIpc) is 3.10. The topological polar surface area (TPSA) is 59.9 Å². The average molecular weight is 358 g/mol. The van der Waals surface area contributed by atoms with Crippen molar-refractivity contribution in [2.24, 2.45) is 4.99 Å². The highest BCUT2D eigenvalue weighted by molar-refractivity contribution is 6.04. The summed E-state index contributed by atoms with van der Waals surface area (Å²) in [5, 5.41) is 2.50. The summed E-state index contributed by atoms with van der Waals surface area (Å²) in [6.07, 6.45) is -1.83. The molecule has 1 aliphatic heterocycles. The number of amides is 1. The van der Waals surface area contributed by atoms with Gasteiger partial charge >= 0.3 is 6.18 Å². The van der Waals surface area contributed by atoms with E-state index in [-0.39, 0.29) is 17.7 Å². The Morgan fingerprint density at radius 1 is 1.36 bits per heavy atom. The van der Waals surface area contributed by atoms with E-state index in [0.29, 0.717) is 19.8 Å². The van der Waals surface area contributed by atoms with Crippen molar-refractivity contribution in [2.75, 3.05) is 19.8 Å². The number of hydrogen-bond acceptors (Lipinski definition) is 4. The van der Waals surface area contributed by atoms with E-state index in [4.69, 9.17) is 9.47 Å². The molecular formula is C17H21F3N2O3. The molecule has 1 saturated heterocycles. The molecule has 1 unspecified atom stereocenters. The highest BCUT2D eigenvalue weighted by Crippen LogP contribution is 2.29. The number of rotatable bonds is 5. The lowest BCUT2D eigenvalue weighted by atomic mass is 10.1. The van der Waals surface area contributed by atoms with Crippen LogP contribution < -0.4 is 5.32 Å². The molecule has 1 aromatic rings. The standard InChI is InChI=1S/C17H21F3N2O3/c1-2-9-25-16(21-11-14-4-3-10-24-14)22-15(23)12-5-7-13(8-6-12)17(18,19)20/h5-8,14H,2-4,9-11H2,1H3,(H,21,22,23). The number of amidine groups is 1. The summed E-state index contributed by atoms with van der Waals surface area (Å²) in [5.74, 6) is -0.573. The molecule has 0 aliphatic carbocycles. The van der Waals surface area contributed by atoms with Crippen molar-refractivity contribution in [3.63, 3.8) is 0 Å². The molecule has 1 fully saturated rings. The number of nitrogens with one attached hydrogen (secondary N) is 1. The van der Waals surface area contributed by atoms with Crippen LogP contribution in [0.5, 0.6) is 0 Å². The number of alkyl halides is 3. The SMILES string of the molecule is CCCOC(=NCC1CCCO1)NC(=O)c1ccc(C(F)(F)F)cc1. The Morgan fingerprint density at radius 2 is 2.08 bits per heavy atom. The minimum absolute atomic E-state index is 0.00296. The fourth-order valence-corrected chi connectivity index (χ4v) is 2.27. The quantitative estimate of drug-likeness (QED) is 0.648. The van der Waals surface area contributed by atoms with Crippen LogP contribution in [0.15, 0.2) is 29.3 Å². The molecule has 1 aliphatic rings. The van der Waals surface area contributed by atoms with E-state index in [0.717, 1.165) is 43.5 Å². The van der Waals surface area contributed by atoms with Gasteiger partial charge < -0.3 is 9.47 Å². The molecule has 25 heavy (non-hydrogen) atoms. The zero-order valence-corrected chi connectivity index (χ0v) is 13.9. The first-order valence-corrected chi connectivity index (χ1v) is 8.17. The smallest absolute Gasteiger partial charge is 0.416 e. The summed E-state index contributed by atoms with van der Waals surface area (Å²) in [7, 11) is 0. The Hall–Kier alpha value is -2.09. The van der Waals surface area contributed by atoms with Crippen molar-refractivity contribution in [3.8, 4) is 0 Å². The predicted octanol–water partition coefficient (Wildman–Crippen LogP) is 3.40. The van der Waals surface area contributed by atoms with Crippen molar-refractivity contribution in [3.05, 3.63) is 35.4 Å². The van der Waals surface area contributed by atoms with Gasteiger partial charge in [-0.15, -0.1) is 0 Å². The van der Waals surface area contributed by atoms with Crippen molar-refractivity contribution in [1.29, 1.82) is 0 Å². The van der Waals surface area contributed by atoms with Crippen LogP contribution in [0.25, 0.3) is 0 Å². The Labute approximate surface area is 144 Å². The van der Waals surface area contributed by atoms with Gasteiger partial charge in [0.15, 0.2) is 0 Å². The monoisotopic (exact) mass is 358 g/mol. The number of ether oxygens (including phenoxy) is 2. The maximum absolute atomic E-state index is 12.6. The first-order valence-electron chi connectivity index (χ1n) is 8.17. The second-order valence-electron chi connectivity index (χ2n) is 5.66. The van der Waals surface area contributed by atoms with Crippen LogP contribution >= 0.6 is 0 Å². The molecular weight excluding hydrogens is 337 g/mol. The number of aliphatic imine (C=N–C) groups is 1. The molecule has 138 valence electrons. The molecule has 5 nitrogen and oxygen atoms in total. The van der Waals surface area contributed by atoms with Crippen LogP contribution in [0.1, 0.15) is 42.1 Å². The number of carbonyl (C=O) groups is 1. The van der Waals surface area contributed by atoms with Crippen LogP contribution in [-0.2, 0) is 15.7 Å². The second-order valence-corrected chi connectivity index (χ2v) is 5.66. The van der Waals surface area contributed by atoms with E-state index < -0.39 is 17.6 Å². The van der Waals surface area contributed by atoms with E-state index in [9.17, 15) is 18.0 Å². The van der Waals surface area contributed by atoms with Crippen molar-refractivity contribution < 1.29 is 27.4 Å². The Morgan fingerprint density at radius 3 is 2.64 bits per heavy atom. The summed E-state index contributed by atoms with van der Waals surface area (Å²) in [6, 6.07) is 4.03. The minimum atomic E-state index is -4.44. The number of halogens is 3. The van der Waals surface area contributed by atoms with Crippen LogP contribution in [0.2, 0.25) is 0 Å². The number of benzene rings is 1. The van der Waals surface area contributed by atoms with E-state index in [1.165, 1.54) is 0 Å². The lowest BCUT2D eigenvalue weighted by Gasteiger charge is -2.12. The van der Waals surface area contributed by atoms with Gasteiger partial charge in [0.1, 0.15) is 0 Å². The molecule has 0 radical (unpaired) electrons. The number of hydrogen-bond donors (Lipinski definition) is 1. The first-order chi connectivity index (χ1) is 11.9. The van der Waals surface area contributed by atoms with Gasteiger partial charge in [-0.25, -0.2) is 4.99 Å².